The Morgan fingerprint density at radius 2 is 2.10 bits per heavy atom. The number of benzene rings is 1. The average Bonchev–Trinajstić information content (AvgIpc) is 2.93. The fourth-order valence-corrected chi connectivity index (χ4v) is 3.17. The molecule has 1 aromatic carbocycles. The zero-order chi connectivity index (χ0) is 14.7. The van der Waals surface area contributed by atoms with Crippen LogP contribution in [0.15, 0.2) is 36.4 Å². The summed E-state index contributed by atoms with van der Waals surface area (Å²) in [5.41, 5.74) is 2.22. The molecule has 0 amide bonds. The highest BCUT2D eigenvalue weighted by molar-refractivity contribution is 5.78. The highest BCUT2D eigenvalue weighted by Crippen LogP contribution is 2.23. The van der Waals surface area contributed by atoms with Crippen molar-refractivity contribution in [2.75, 3.05) is 6.54 Å². The van der Waals surface area contributed by atoms with E-state index < -0.39 is 0 Å². The van der Waals surface area contributed by atoms with Crippen LogP contribution in [0.1, 0.15) is 32.4 Å². The minimum absolute atomic E-state index is 0.313. The summed E-state index contributed by atoms with van der Waals surface area (Å²) >= 11 is 0. The van der Waals surface area contributed by atoms with Crippen molar-refractivity contribution in [3.8, 4) is 0 Å². The molecule has 1 aliphatic rings. The Labute approximate surface area is 126 Å². The maximum Gasteiger partial charge on any atom is 0.0736 e. The Morgan fingerprint density at radius 1 is 1.24 bits per heavy atom. The van der Waals surface area contributed by atoms with Gasteiger partial charge in [-0.3, -0.25) is 4.98 Å². The molecule has 3 atom stereocenters. The Balaban J connectivity index is 1.77. The molecular weight excluding hydrogens is 260 g/mol. The lowest BCUT2D eigenvalue weighted by atomic mass is 10.0. The number of nitrogens with zero attached hydrogens (tertiary/aromatic N) is 1. The summed E-state index contributed by atoms with van der Waals surface area (Å²) in [6, 6.07) is 12.9. The molecule has 21 heavy (non-hydrogen) atoms. The number of hydrogen-bond donors (Lipinski definition) is 1. The van der Waals surface area contributed by atoms with Crippen LogP contribution in [0, 0.1) is 0 Å². The summed E-state index contributed by atoms with van der Waals surface area (Å²) in [7, 11) is 0. The molecule has 1 aromatic heterocycles. The zero-order valence-electron chi connectivity index (χ0n) is 12.9. The first-order valence-corrected chi connectivity index (χ1v) is 7.99. The largest absolute Gasteiger partial charge is 0.374 e. The van der Waals surface area contributed by atoms with Crippen molar-refractivity contribution in [1.82, 2.24) is 10.3 Å². The standard InChI is InChI=1S/C18H24N2O/c1-3-19-17(18-11-8-13(2)21-18)12-15-10-9-14-6-4-5-7-16(14)20-15/h4-7,9-10,13,17-19H,3,8,11-12H2,1-2H3. The maximum atomic E-state index is 6.05. The molecule has 1 N–H and O–H groups in total. The van der Waals surface area contributed by atoms with E-state index in [0.717, 1.165) is 37.0 Å². The van der Waals surface area contributed by atoms with Crippen LogP contribution >= 0.6 is 0 Å². The van der Waals surface area contributed by atoms with Gasteiger partial charge < -0.3 is 10.1 Å². The molecule has 2 heterocycles. The quantitative estimate of drug-likeness (QED) is 0.914. The van der Waals surface area contributed by atoms with Gasteiger partial charge in [0.25, 0.3) is 0 Å². The van der Waals surface area contributed by atoms with Gasteiger partial charge in [-0.1, -0.05) is 31.2 Å². The van der Waals surface area contributed by atoms with Crippen LogP contribution in [-0.2, 0) is 11.2 Å². The van der Waals surface area contributed by atoms with E-state index in [2.05, 4.69) is 49.5 Å². The third kappa shape index (κ3) is 3.42. The minimum atomic E-state index is 0.313. The number of rotatable bonds is 5. The summed E-state index contributed by atoms with van der Waals surface area (Å²) in [4.78, 5) is 4.79. The lowest BCUT2D eigenvalue weighted by molar-refractivity contribution is 0.0322. The molecule has 0 spiro atoms. The first kappa shape index (κ1) is 14.5. The molecule has 3 nitrogen and oxygen atoms in total. The van der Waals surface area contributed by atoms with Crippen molar-refractivity contribution in [3.05, 3.63) is 42.1 Å². The molecule has 1 aliphatic heterocycles. The van der Waals surface area contributed by atoms with Gasteiger partial charge >= 0.3 is 0 Å². The van der Waals surface area contributed by atoms with Gasteiger partial charge in [0.15, 0.2) is 0 Å². The summed E-state index contributed by atoms with van der Waals surface area (Å²) in [6.07, 6.45) is 3.94. The molecule has 0 saturated carbocycles. The van der Waals surface area contributed by atoms with Gasteiger partial charge in [-0.2, -0.15) is 0 Å². The van der Waals surface area contributed by atoms with Crippen molar-refractivity contribution >= 4 is 10.9 Å². The summed E-state index contributed by atoms with van der Waals surface area (Å²) in [5.74, 6) is 0. The minimum Gasteiger partial charge on any atom is -0.374 e. The third-order valence-corrected chi connectivity index (χ3v) is 4.27. The van der Waals surface area contributed by atoms with Gasteiger partial charge in [-0.25, -0.2) is 0 Å². The number of ether oxygens (including phenoxy) is 1. The highest BCUT2D eigenvalue weighted by atomic mass is 16.5. The second kappa shape index (κ2) is 6.54. The smallest absolute Gasteiger partial charge is 0.0736 e. The second-order valence-electron chi connectivity index (χ2n) is 5.93. The number of fused-ring (bicyclic) bond motifs is 1. The molecule has 0 aliphatic carbocycles. The van der Waals surface area contributed by atoms with Gasteiger partial charge in [0.05, 0.1) is 17.7 Å². The molecule has 0 radical (unpaired) electrons. The van der Waals surface area contributed by atoms with Gasteiger partial charge in [-0.05, 0) is 38.4 Å². The van der Waals surface area contributed by atoms with Crippen LogP contribution in [0.3, 0.4) is 0 Å². The van der Waals surface area contributed by atoms with E-state index in [1.165, 1.54) is 5.39 Å². The monoisotopic (exact) mass is 284 g/mol. The van der Waals surface area contributed by atoms with Gasteiger partial charge in [-0.15, -0.1) is 0 Å². The van der Waals surface area contributed by atoms with Crippen molar-refractivity contribution in [2.24, 2.45) is 0 Å². The first-order chi connectivity index (χ1) is 10.3. The Kier molecular flexibility index (Phi) is 4.51. The number of likely N-dealkylation sites (N-methyl/N-ethyl adjacent to an activating group) is 1. The molecule has 0 bridgehead atoms. The fraction of sp³-hybridized carbons (Fsp3) is 0.500. The first-order valence-electron chi connectivity index (χ1n) is 7.99. The predicted molar refractivity (Wildman–Crippen MR) is 86.5 cm³/mol. The van der Waals surface area contributed by atoms with Gasteiger partial charge in [0.2, 0.25) is 0 Å². The number of pyridine rings is 1. The lowest BCUT2D eigenvalue weighted by Crippen LogP contribution is -2.41. The molecule has 3 heteroatoms. The van der Waals surface area contributed by atoms with Gasteiger partial charge in [0, 0.05) is 23.5 Å². The number of aromatic nitrogens is 1. The zero-order valence-corrected chi connectivity index (χ0v) is 12.9. The van der Waals surface area contributed by atoms with Crippen LogP contribution < -0.4 is 5.32 Å². The maximum absolute atomic E-state index is 6.05. The third-order valence-electron chi connectivity index (χ3n) is 4.27. The molecule has 3 rings (SSSR count). The van der Waals surface area contributed by atoms with Crippen LogP contribution in [0.25, 0.3) is 10.9 Å². The molecule has 2 aromatic rings. The summed E-state index contributed by atoms with van der Waals surface area (Å²) in [6.45, 7) is 5.28. The van der Waals surface area contributed by atoms with Crippen LogP contribution in [-0.4, -0.2) is 29.8 Å². The molecule has 1 saturated heterocycles. The van der Waals surface area contributed by atoms with Crippen LogP contribution in [0.5, 0.6) is 0 Å². The van der Waals surface area contributed by atoms with E-state index in [-0.39, 0.29) is 0 Å². The predicted octanol–water partition coefficient (Wildman–Crippen LogP) is 3.32. The molecule has 3 unspecified atom stereocenters. The van der Waals surface area contributed by atoms with Crippen LogP contribution in [0.2, 0.25) is 0 Å². The Morgan fingerprint density at radius 3 is 2.86 bits per heavy atom. The van der Waals surface area contributed by atoms with E-state index in [1.807, 2.05) is 6.07 Å². The number of hydrogen-bond acceptors (Lipinski definition) is 3. The van der Waals surface area contributed by atoms with Crippen molar-refractivity contribution in [1.29, 1.82) is 0 Å². The normalized spacial score (nSPS) is 23.5. The Bertz CT molecular complexity index is 599. The second-order valence-corrected chi connectivity index (χ2v) is 5.93. The van der Waals surface area contributed by atoms with E-state index in [1.54, 1.807) is 0 Å². The number of nitrogens with one attached hydrogen (secondary N) is 1. The van der Waals surface area contributed by atoms with E-state index in [9.17, 15) is 0 Å². The average molecular weight is 284 g/mol. The molecule has 1 fully saturated rings. The Hall–Kier alpha value is -1.45. The molecule has 112 valence electrons. The SMILES string of the molecule is CCNC(Cc1ccc2ccccc2n1)C1CCC(C)O1. The van der Waals surface area contributed by atoms with Crippen LogP contribution in [0.4, 0.5) is 0 Å². The number of para-hydroxylation sites is 1. The van der Waals surface area contributed by atoms with Gasteiger partial charge in [0.1, 0.15) is 0 Å². The summed E-state index contributed by atoms with van der Waals surface area (Å²) < 4.78 is 6.05. The fourth-order valence-electron chi connectivity index (χ4n) is 3.17. The van der Waals surface area contributed by atoms with E-state index >= 15 is 0 Å². The van der Waals surface area contributed by atoms with E-state index in [4.69, 9.17) is 9.72 Å². The van der Waals surface area contributed by atoms with E-state index in [0.29, 0.717) is 18.2 Å². The molecular formula is C18H24N2O. The summed E-state index contributed by atoms with van der Waals surface area (Å²) in [5, 5.41) is 4.78. The van der Waals surface area contributed by atoms with Crippen molar-refractivity contribution in [2.45, 2.75) is 51.4 Å². The van der Waals surface area contributed by atoms with Crippen molar-refractivity contribution in [3.63, 3.8) is 0 Å². The highest BCUT2D eigenvalue weighted by Gasteiger charge is 2.29. The topological polar surface area (TPSA) is 34.2 Å². The van der Waals surface area contributed by atoms with Crippen molar-refractivity contribution < 1.29 is 4.74 Å². The lowest BCUT2D eigenvalue weighted by Gasteiger charge is -2.24.